The van der Waals surface area contributed by atoms with Crippen molar-refractivity contribution in [1.82, 2.24) is 19.7 Å². The Hall–Kier alpha value is -2.01. The molecule has 0 fully saturated rings. The number of rotatable bonds is 1. The van der Waals surface area contributed by atoms with Crippen LogP contribution in [0.1, 0.15) is 5.69 Å². The summed E-state index contributed by atoms with van der Waals surface area (Å²) in [6.45, 7) is 1.85. The second kappa shape index (κ2) is 4.28. The van der Waals surface area contributed by atoms with Crippen LogP contribution in [0.4, 0.5) is 4.39 Å². The highest BCUT2D eigenvalue weighted by atomic mass is 35.5. The Balaban J connectivity index is 2.29. The number of hydrogen-bond acceptors (Lipinski definition) is 3. The minimum atomic E-state index is -0.333. The molecular weight excluding hydrogens is 267 g/mol. The van der Waals surface area contributed by atoms with Crippen LogP contribution in [-0.4, -0.2) is 19.7 Å². The van der Waals surface area contributed by atoms with E-state index in [9.17, 15) is 4.39 Å². The standard InChI is InChI=1S/C13H10ClFN4/c1-7-10-11(19(2)18-7)12(14)17-13(16-10)8-4-3-5-9(15)6-8/h3-6H,1-2H3. The first-order valence-corrected chi connectivity index (χ1v) is 6.07. The van der Waals surface area contributed by atoms with E-state index < -0.39 is 0 Å². The van der Waals surface area contributed by atoms with Crippen molar-refractivity contribution in [2.75, 3.05) is 0 Å². The fourth-order valence-corrected chi connectivity index (χ4v) is 2.34. The number of aromatic nitrogens is 4. The van der Waals surface area contributed by atoms with Crippen molar-refractivity contribution in [3.63, 3.8) is 0 Å². The average Bonchev–Trinajstić information content (AvgIpc) is 2.65. The van der Waals surface area contributed by atoms with E-state index in [4.69, 9.17) is 11.6 Å². The highest BCUT2D eigenvalue weighted by molar-refractivity contribution is 6.33. The van der Waals surface area contributed by atoms with Gasteiger partial charge in [-0.2, -0.15) is 5.10 Å². The lowest BCUT2D eigenvalue weighted by Gasteiger charge is -2.03. The lowest BCUT2D eigenvalue weighted by molar-refractivity contribution is 0.628. The van der Waals surface area contributed by atoms with E-state index in [-0.39, 0.29) is 5.82 Å². The molecule has 0 radical (unpaired) electrons. The predicted molar refractivity (Wildman–Crippen MR) is 71.4 cm³/mol. The van der Waals surface area contributed by atoms with Gasteiger partial charge in [0.1, 0.15) is 16.9 Å². The third-order valence-corrected chi connectivity index (χ3v) is 3.15. The number of benzene rings is 1. The summed E-state index contributed by atoms with van der Waals surface area (Å²) in [4.78, 5) is 8.64. The molecule has 0 saturated heterocycles. The Morgan fingerprint density at radius 3 is 2.79 bits per heavy atom. The van der Waals surface area contributed by atoms with Gasteiger partial charge in [-0.15, -0.1) is 0 Å². The van der Waals surface area contributed by atoms with Crippen LogP contribution in [0.3, 0.4) is 0 Å². The first-order chi connectivity index (χ1) is 9.06. The predicted octanol–water partition coefficient (Wildman–Crippen LogP) is 3.13. The summed E-state index contributed by atoms with van der Waals surface area (Å²) in [7, 11) is 1.78. The Morgan fingerprint density at radius 1 is 1.26 bits per heavy atom. The quantitative estimate of drug-likeness (QED) is 0.641. The van der Waals surface area contributed by atoms with Crippen LogP contribution in [-0.2, 0) is 7.05 Å². The number of fused-ring (bicyclic) bond motifs is 1. The summed E-state index contributed by atoms with van der Waals surface area (Å²) in [6, 6.07) is 6.11. The van der Waals surface area contributed by atoms with E-state index in [0.29, 0.717) is 27.6 Å². The second-order valence-corrected chi connectivity index (χ2v) is 4.61. The molecule has 3 aromatic rings. The van der Waals surface area contributed by atoms with Crippen LogP contribution in [0, 0.1) is 12.7 Å². The molecule has 0 bridgehead atoms. The zero-order chi connectivity index (χ0) is 13.6. The van der Waals surface area contributed by atoms with Crippen molar-refractivity contribution >= 4 is 22.6 Å². The molecule has 3 rings (SSSR count). The molecule has 0 aliphatic heterocycles. The summed E-state index contributed by atoms with van der Waals surface area (Å²) in [5.41, 5.74) is 2.72. The van der Waals surface area contributed by atoms with E-state index in [2.05, 4.69) is 15.1 Å². The Labute approximate surface area is 113 Å². The lowest BCUT2D eigenvalue weighted by Crippen LogP contribution is -1.95. The van der Waals surface area contributed by atoms with Crippen molar-refractivity contribution in [1.29, 1.82) is 0 Å². The number of halogens is 2. The molecule has 6 heteroatoms. The van der Waals surface area contributed by atoms with Gasteiger partial charge < -0.3 is 0 Å². The monoisotopic (exact) mass is 276 g/mol. The minimum Gasteiger partial charge on any atom is -0.263 e. The summed E-state index contributed by atoms with van der Waals surface area (Å²) >= 11 is 6.16. The first kappa shape index (κ1) is 12.0. The van der Waals surface area contributed by atoms with Crippen molar-refractivity contribution in [2.45, 2.75) is 6.92 Å². The Morgan fingerprint density at radius 2 is 2.05 bits per heavy atom. The van der Waals surface area contributed by atoms with Crippen LogP contribution in [0.25, 0.3) is 22.4 Å². The second-order valence-electron chi connectivity index (χ2n) is 4.25. The maximum absolute atomic E-state index is 13.2. The van der Waals surface area contributed by atoms with E-state index >= 15 is 0 Å². The summed E-state index contributed by atoms with van der Waals surface area (Å²) in [6.07, 6.45) is 0. The number of hydrogen-bond donors (Lipinski definition) is 0. The molecule has 0 spiro atoms. The fraction of sp³-hybridized carbons (Fsp3) is 0.154. The van der Waals surface area contributed by atoms with Gasteiger partial charge in [0.05, 0.1) is 5.69 Å². The van der Waals surface area contributed by atoms with E-state index in [1.807, 2.05) is 6.92 Å². The van der Waals surface area contributed by atoms with Gasteiger partial charge in [0.2, 0.25) is 0 Å². The van der Waals surface area contributed by atoms with E-state index in [1.54, 1.807) is 23.9 Å². The molecule has 4 nitrogen and oxygen atoms in total. The van der Waals surface area contributed by atoms with Gasteiger partial charge in [-0.05, 0) is 19.1 Å². The van der Waals surface area contributed by atoms with Crippen LogP contribution in [0.15, 0.2) is 24.3 Å². The summed E-state index contributed by atoms with van der Waals surface area (Å²) in [5, 5.41) is 4.57. The largest absolute Gasteiger partial charge is 0.263 e. The van der Waals surface area contributed by atoms with Gasteiger partial charge in [-0.25, -0.2) is 14.4 Å². The van der Waals surface area contributed by atoms with Crippen molar-refractivity contribution < 1.29 is 4.39 Å². The Kier molecular flexibility index (Phi) is 2.71. The molecule has 0 aliphatic carbocycles. The van der Waals surface area contributed by atoms with Crippen LogP contribution >= 0.6 is 11.6 Å². The SMILES string of the molecule is Cc1nn(C)c2c(Cl)nc(-c3cccc(F)c3)nc12. The molecule has 1 aromatic carbocycles. The summed E-state index contributed by atoms with van der Waals surface area (Å²) in [5.74, 6) is 0.0633. The van der Waals surface area contributed by atoms with Gasteiger partial charge in [0.25, 0.3) is 0 Å². The summed E-state index contributed by atoms with van der Waals surface area (Å²) < 4.78 is 14.9. The van der Waals surface area contributed by atoms with Crippen molar-refractivity contribution in [3.05, 3.63) is 40.9 Å². The van der Waals surface area contributed by atoms with E-state index in [1.165, 1.54) is 12.1 Å². The topological polar surface area (TPSA) is 43.6 Å². The number of nitrogens with zero attached hydrogens (tertiary/aromatic N) is 4. The van der Waals surface area contributed by atoms with Crippen LogP contribution in [0.2, 0.25) is 5.15 Å². The van der Waals surface area contributed by atoms with Gasteiger partial charge in [0.15, 0.2) is 11.0 Å². The van der Waals surface area contributed by atoms with Crippen molar-refractivity contribution in [2.24, 2.45) is 7.05 Å². The van der Waals surface area contributed by atoms with E-state index in [0.717, 1.165) is 5.69 Å². The smallest absolute Gasteiger partial charge is 0.161 e. The van der Waals surface area contributed by atoms with Gasteiger partial charge in [-0.1, -0.05) is 23.7 Å². The zero-order valence-corrected chi connectivity index (χ0v) is 11.1. The van der Waals surface area contributed by atoms with Gasteiger partial charge in [-0.3, -0.25) is 4.68 Å². The molecule has 19 heavy (non-hydrogen) atoms. The average molecular weight is 277 g/mol. The Bertz CT molecular complexity index is 782. The number of aryl methyl sites for hydroxylation is 2. The maximum Gasteiger partial charge on any atom is 0.161 e. The molecule has 2 heterocycles. The molecule has 0 unspecified atom stereocenters. The lowest BCUT2D eigenvalue weighted by atomic mass is 10.2. The molecule has 96 valence electrons. The maximum atomic E-state index is 13.2. The minimum absolute atomic E-state index is 0.312. The van der Waals surface area contributed by atoms with Gasteiger partial charge >= 0.3 is 0 Å². The van der Waals surface area contributed by atoms with Crippen LogP contribution < -0.4 is 0 Å². The highest BCUT2D eigenvalue weighted by Gasteiger charge is 2.14. The first-order valence-electron chi connectivity index (χ1n) is 5.69. The molecular formula is C13H10ClFN4. The zero-order valence-electron chi connectivity index (χ0n) is 10.4. The van der Waals surface area contributed by atoms with Gasteiger partial charge in [0, 0.05) is 12.6 Å². The van der Waals surface area contributed by atoms with Crippen LogP contribution in [0.5, 0.6) is 0 Å². The third kappa shape index (κ3) is 1.96. The molecule has 0 amide bonds. The highest BCUT2D eigenvalue weighted by Crippen LogP contribution is 2.26. The molecule has 0 saturated carbocycles. The van der Waals surface area contributed by atoms with Crippen molar-refractivity contribution in [3.8, 4) is 11.4 Å². The molecule has 0 aliphatic rings. The molecule has 0 atom stereocenters. The normalized spacial score (nSPS) is 11.2. The third-order valence-electron chi connectivity index (χ3n) is 2.89. The molecule has 2 aromatic heterocycles. The fourth-order valence-electron chi connectivity index (χ4n) is 2.05. The molecule has 0 N–H and O–H groups in total.